The number of rotatable bonds is 10. The average molecular weight is 601 g/mol. The number of fused-ring (bicyclic) bond motifs is 3. The number of imide groups is 1. The Morgan fingerprint density at radius 2 is 2.08 bits per heavy atom. The quantitative estimate of drug-likeness (QED) is 0.254. The van der Waals surface area contributed by atoms with Crippen LogP contribution in [-0.4, -0.2) is 48.2 Å². The normalized spacial score (nSPS) is 25.3. The number of hydrogen-bond donors (Lipinski definition) is 1. The van der Waals surface area contributed by atoms with E-state index in [0.717, 1.165) is 46.2 Å². The SMILES string of the molecule is CCC/C(=C\c1cc(Br)ccc1O)CC[C@H]1OC[C@H]2C1=C(COC)C[C@H]1C(=O)N(Cc3cccs3)C(=O)[C@H]12. The summed E-state index contributed by atoms with van der Waals surface area (Å²) >= 11 is 5.06. The first kappa shape index (κ1) is 27.3. The van der Waals surface area contributed by atoms with Crippen LogP contribution in [-0.2, 0) is 25.6 Å². The molecule has 38 heavy (non-hydrogen) atoms. The van der Waals surface area contributed by atoms with Gasteiger partial charge in [0.2, 0.25) is 11.8 Å². The van der Waals surface area contributed by atoms with Crippen molar-refractivity contribution in [2.24, 2.45) is 17.8 Å². The molecule has 202 valence electrons. The molecule has 8 heteroatoms. The van der Waals surface area contributed by atoms with Gasteiger partial charge in [-0.25, -0.2) is 0 Å². The van der Waals surface area contributed by atoms with Crippen LogP contribution in [0.4, 0.5) is 0 Å². The standard InChI is InChI=1S/C30H34BrNO5S/c1-3-5-18(12-19-13-21(31)8-9-25(19)33)7-10-26-27-20(16-36-2)14-23-28(24(27)17-37-26)30(35)32(29(23)34)15-22-6-4-11-38-22/h4,6,8-9,11-13,23-24,26,28,33H,3,5,7,10,14-17H2,1-2H3/b18-12+/t23-,24+,26-,28-/m1/s1. The van der Waals surface area contributed by atoms with Crippen molar-refractivity contribution in [2.75, 3.05) is 20.3 Å². The molecule has 5 rings (SSSR count). The molecule has 3 heterocycles. The van der Waals surface area contributed by atoms with Crippen LogP contribution in [0.2, 0.25) is 0 Å². The van der Waals surface area contributed by atoms with Crippen molar-refractivity contribution in [2.45, 2.75) is 51.7 Å². The monoisotopic (exact) mass is 599 g/mol. The lowest BCUT2D eigenvalue weighted by atomic mass is 9.69. The van der Waals surface area contributed by atoms with E-state index in [0.29, 0.717) is 26.2 Å². The maximum atomic E-state index is 13.6. The van der Waals surface area contributed by atoms with E-state index >= 15 is 0 Å². The summed E-state index contributed by atoms with van der Waals surface area (Å²) in [6, 6.07) is 9.38. The van der Waals surface area contributed by atoms with E-state index in [1.54, 1.807) is 24.5 Å². The van der Waals surface area contributed by atoms with Gasteiger partial charge in [-0.05, 0) is 66.5 Å². The van der Waals surface area contributed by atoms with Crippen LogP contribution in [0.1, 0.15) is 49.5 Å². The number of nitrogens with zero attached hydrogens (tertiary/aromatic N) is 1. The van der Waals surface area contributed by atoms with Gasteiger partial charge in [0.15, 0.2) is 0 Å². The highest BCUT2D eigenvalue weighted by Gasteiger charge is 2.56. The van der Waals surface area contributed by atoms with E-state index in [1.807, 2.05) is 29.6 Å². The van der Waals surface area contributed by atoms with E-state index < -0.39 is 0 Å². The second-order valence-corrected chi connectivity index (χ2v) is 12.3. The molecule has 3 aliphatic rings. The first-order valence-corrected chi connectivity index (χ1v) is 15.0. The highest BCUT2D eigenvalue weighted by molar-refractivity contribution is 9.10. The summed E-state index contributed by atoms with van der Waals surface area (Å²) in [5.74, 6) is -0.633. The van der Waals surface area contributed by atoms with Gasteiger partial charge < -0.3 is 14.6 Å². The Morgan fingerprint density at radius 3 is 2.82 bits per heavy atom. The summed E-state index contributed by atoms with van der Waals surface area (Å²) in [6.45, 7) is 3.41. The van der Waals surface area contributed by atoms with Crippen LogP contribution in [0.5, 0.6) is 5.75 Å². The molecule has 0 spiro atoms. The zero-order chi connectivity index (χ0) is 26.8. The van der Waals surface area contributed by atoms with Crippen LogP contribution in [0.3, 0.4) is 0 Å². The lowest BCUT2D eigenvalue weighted by Gasteiger charge is -2.31. The first-order valence-electron chi connectivity index (χ1n) is 13.3. The zero-order valence-corrected chi connectivity index (χ0v) is 24.2. The molecule has 0 bridgehead atoms. The van der Waals surface area contributed by atoms with Crippen molar-refractivity contribution in [3.8, 4) is 5.75 Å². The van der Waals surface area contributed by atoms with E-state index in [1.165, 1.54) is 16.0 Å². The number of amides is 2. The molecule has 1 aliphatic carbocycles. The van der Waals surface area contributed by atoms with E-state index in [-0.39, 0.29) is 41.4 Å². The van der Waals surface area contributed by atoms with Crippen LogP contribution < -0.4 is 0 Å². The van der Waals surface area contributed by atoms with Crippen molar-refractivity contribution < 1.29 is 24.2 Å². The molecule has 2 amide bonds. The number of methoxy groups -OCH3 is 1. The summed E-state index contributed by atoms with van der Waals surface area (Å²) < 4.78 is 12.8. The molecule has 2 aliphatic heterocycles. The number of thiophene rings is 1. The molecule has 2 fully saturated rings. The average Bonchev–Trinajstić information content (AvgIpc) is 3.62. The summed E-state index contributed by atoms with van der Waals surface area (Å²) in [5, 5.41) is 12.3. The largest absolute Gasteiger partial charge is 0.507 e. The van der Waals surface area contributed by atoms with Gasteiger partial charge in [0.05, 0.1) is 37.7 Å². The molecule has 2 saturated heterocycles. The topological polar surface area (TPSA) is 76.1 Å². The summed E-state index contributed by atoms with van der Waals surface area (Å²) in [6.07, 6.45) is 6.09. The molecule has 6 nitrogen and oxygen atoms in total. The van der Waals surface area contributed by atoms with Crippen molar-refractivity contribution in [1.29, 1.82) is 0 Å². The number of phenolic OH excluding ortho intramolecular Hbond substituents is 1. The van der Waals surface area contributed by atoms with E-state index in [2.05, 4.69) is 28.9 Å². The number of phenols is 1. The van der Waals surface area contributed by atoms with Crippen LogP contribution in [0.25, 0.3) is 6.08 Å². The molecule has 1 N–H and O–H groups in total. The third-order valence-electron chi connectivity index (χ3n) is 7.96. The van der Waals surface area contributed by atoms with Crippen molar-refractivity contribution in [3.63, 3.8) is 0 Å². The Kier molecular flexibility index (Phi) is 8.53. The fraction of sp³-hybridized carbons (Fsp3) is 0.467. The maximum absolute atomic E-state index is 13.6. The molecule has 4 atom stereocenters. The molecule has 0 radical (unpaired) electrons. The van der Waals surface area contributed by atoms with Gasteiger partial charge in [0.25, 0.3) is 0 Å². The fourth-order valence-electron chi connectivity index (χ4n) is 6.33. The van der Waals surface area contributed by atoms with Crippen molar-refractivity contribution in [3.05, 3.63) is 67.3 Å². The molecule has 0 saturated carbocycles. The number of likely N-dealkylation sites (tertiary alicyclic amines) is 1. The minimum atomic E-state index is -0.354. The number of aromatic hydroxyl groups is 1. The van der Waals surface area contributed by atoms with Gasteiger partial charge in [-0.3, -0.25) is 14.5 Å². The van der Waals surface area contributed by atoms with Crippen LogP contribution >= 0.6 is 27.3 Å². The van der Waals surface area contributed by atoms with Crippen LogP contribution in [0, 0.1) is 17.8 Å². The zero-order valence-electron chi connectivity index (χ0n) is 21.8. The Bertz CT molecular complexity index is 1250. The second-order valence-electron chi connectivity index (χ2n) is 10.4. The number of allylic oxidation sites excluding steroid dienone is 1. The van der Waals surface area contributed by atoms with Crippen molar-refractivity contribution in [1.82, 2.24) is 4.90 Å². The lowest BCUT2D eigenvalue weighted by Crippen LogP contribution is -2.35. The van der Waals surface area contributed by atoms with Gasteiger partial charge in [0, 0.05) is 27.9 Å². The van der Waals surface area contributed by atoms with E-state index in [9.17, 15) is 14.7 Å². The Hall–Kier alpha value is -2.26. The Balaban J connectivity index is 1.36. The van der Waals surface area contributed by atoms with Gasteiger partial charge in [0.1, 0.15) is 5.75 Å². The Morgan fingerprint density at radius 1 is 1.24 bits per heavy atom. The first-order chi connectivity index (χ1) is 18.4. The minimum absolute atomic E-state index is 0.0617. The molecular weight excluding hydrogens is 566 g/mol. The summed E-state index contributed by atoms with van der Waals surface area (Å²) in [4.78, 5) is 29.4. The lowest BCUT2D eigenvalue weighted by molar-refractivity contribution is -0.140. The predicted octanol–water partition coefficient (Wildman–Crippen LogP) is 6.34. The minimum Gasteiger partial charge on any atom is -0.507 e. The van der Waals surface area contributed by atoms with Crippen LogP contribution in [0.15, 0.2) is 56.9 Å². The van der Waals surface area contributed by atoms with Gasteiger partial charge >= 0.3 is 0 Å². The van der Waals surface area contributed by atoms with Gasteiger partial charge in [-0.1, -0.05) is 47.0 Å². The van der Waals surface area contributed by atoms with Crippen molar-refractivity contribution >= 4 is 45.2 Å². The highest BCUT2D eigenvalue weighted by Crippen LogP contribution is 2.50. The number of carbonyl (C=O) groups is 2. The van der Waals surface area contributed by atoms with E-state index in [4.69, 9.17) is 9.47 Å². The summed E-state index contributed by atoms with van der Waals surface area (Å²) in [7, 11) is 1.68. The Labute approximate surface area is 236 Å². The third kappa shape index (κ3) is 5.41. The maximum Gasteiger partial charge on any atom is 0.234 e. The van der Waals surface area contributed by atoms with Gasteiger partial charge in [-0.15, -0.1) is 11.3 Å². The smallest absolute Gasteiger partial charge is 0.234 e. The number of halogens is 1. The molecule has 0 unspecified atom stereocenters. The third-order valence-corrected chi connectivity index (χ3v) is 9.31. The number of ether oxygens (including phenoxy) is 2. The predicted molar refractivity (Wildman–Crippen MR) is 152 cm³/mol. The molecular formula is C30H34BrNO5S. The second kappa shape index (κ2) is 11.9. The molecule has 1 aromatic carbocycles. The number of carbonyl (C=O) groups excluding carboxylic acids is 2. The molecule has 2 aromatic rings. The van der Waals surface area contributed by atoms with Gasteiger partial charge in [-0.2, -0.15) is 0 Å². The number of benzene rings is 1. The molecule has 1 aromatic heterocycles. The summed E-state index contributed by atoms with van der Waals surface area (Å²) in [5.41, 5.74) is 4.35. The fourth-order valence-corrected chi connectivity index (χ4v) is 7.40. The highest BCUT2D eigenvalue weighted by atomic mass is 79.9. The number of hydrogen-bond acceptors (Lipinski definition) is 6.